The van der Waals surface area contributed by atoms with Crippen LogP contribution in [-0.4, -0.2) is 28.1 Å². The Kier molecular flexibility index (Phi) is 4.45. The van der Waals surface area contributed by atoms with E-state index in [1.807, 2.05) is 6.07 Å². The molecule has 1 aromatic carbocycles. The molecule has 0 radical (unpaired) electrons. The molecule has 1 aliphatic rings. The number of carbonyl (C=O) groups is 1. The van der Waals surface area contributed by atoms with E-state index in [1.54, 1.807) is 23.9 Å². The Bertz CT molecular complexity index is 463. The first kappa shape index (κ1) is 14.0. The average Bonchev–Trinajstić information content (AvgIpc) is 2.35. The van der Waals surface area contributed by atoms with Crippen LogP contribution in [0.2, 0.25) is 5.02 Å². The molecule has 0 spiro atoms. The van der Waals surface area contributed by atoms with Gasteiger partial charge >= 0.3 is 5.97 Å². The number of benzene rings is 1. The predicted octanol–water partition coefficient (Wildman–Crippen LogP) is 3.86. The summed E-state index contributed by atoms with van der Waals surface area (Å²) in [5.41, 5.74) is -0.0907. The van der Waals surface area contributed by atoms with Gasteiger partial charge in [-0.05, 0) is 52.7 Å². The minimum absolute atomic E-state index is 0.586. The van der Waals surface area contributed by atoms with Gasteiger partial charge in [0.1, 0.15) is 5.54 Å². The summed E-state index contributed by atoms with van der Waals surface area (Å²) in [5.74, 6) is 0.824. The van der Waals surface area contributed by atoms with Gasteiger partial charge in [-0.2, -0.15) is 11.8 Å². The van der Waals surface area contributed by atoms with Gasteiger partial charge in [0.05, 0.1) is 5.02 Å². The van der Waals surface area contributed by atoms with Crippen LogP contribution in [0.5, 0.6) is 0 Å². The number of anilines is 1. The smallest absolute Gasteiger partial charge is 0.330 e. The van der Waals surface area contributed by atoms with Gasteiger partial charge in [0.2, 0.25) is 0 Å². The van der Waals surface area contributed by atoms with Crippen molar-refractivity contribution in [3.8, 4) is 0 Å². The van der Waals surface area contributed by atoms with Crippen molar-refractivity contribution in [3.63, 3.8) is 0 Å². The summed E-state index contributed by atoms with van der Waals surface area (Å²) >= 11 is 10.9. The summed E-state index contributed by atoms with van der Waals surface area (Å²) < 4.78 is 0.762. The molecule has 18 heavy (non-hydrogen) atoms. The van der Waals surface area contributed by atoms with Crippen LogP contribution in [0.1, 0.15) is 12.8 Å². The maximum Gasteiger partial charge on any atom is 0.330 e. The van der Waals surface area contributed by atoms with Crippen LogP contribution in [0.15, 0.2) is 22.7 Å². The minimum Gasteiger partial charge on any atom is -0.479 e. The van der Waals surface area contributed by atoms with Crippen molar-refractivity contribution in [2.24, 2.45) is 0 Å². The lowest BCUT2D eigenvalue weighted by molar-refractivity contribution is -0.141. The van der Waals surface area contributed by atoms with Crippen molar-refractivity contribution < 1.29 is 9.90 Å². The highest BCUT2D eigenvalue weighted by Crippen LogP contribution is 2.33. The Morgan fingerprint density at radius 3 is 2.89 bits per heavy atom. The van der Waals surface area contributed by atoms with E-state index in [1.165, 1.54) is 0 Å². The van der Waals surface area contributed by atoms with Crippen LogP contribution < -0.4 is 5.32 Å². The number of carboxylic acids is 1. The number of carboxylic acid groups (broad SMARTS) is 1. The Hall–Kier alpha value is -0.390. The predicted molar refractivity (Wildman–Crippen MR) is 79.7 cm³/mol. The number of nitrogens with one attached hydrogen (secondary N) is 1. The molecule has 0 aliphatic carbocycles. The summed E-state index contributed by atoms with van der Waals surface area (Å²) in [5, 5.41) is 13.2. The third-order valence-corrected chi connectivity index (χ3v) is 5.44. The fraction of sp³-hybridized carbons (Fsp3) is 0.417. The van der Waals surface area contributed by atoms with E-state index < -0.39 is 11.5 Å². The summed E-state index contributed by atoms with van der Waals surface area (Å²) in [4.78, 5) is 11.5. The zero-order chi connectivity index (χ0) is 13.2. The molecular weight excluding hydrogens is 338 g/mol. The second-order valence-electron chi connectivity index (χ2n) is 4.30. The van der Waals surface area contributed by atoms with Crippen molar-refractivity contribution in [1.29, 1.82) is 0 Å². The van der Waals surface area contributed by atoms with Gasteiger partial charge in [-0.15, -0.1) is 0 Å². The molecule has 0 saturated carbocycles. The van der Waals surface area contributed by atoms with Crippen molar-refractivity contribution in [3.05, 3.63) is 27.7 Å². The summed E-state index contributed by atoms with van der Waals surface area (Å²) in [7, 11) is 0. The molecule has 1 atom stereocenters. The van der Waals surface area contributed by atoms with Gasteiger partial charge in [0.25, 0.3) is 0 Å². The lowest BCUT2D eigenvalue weighted by Crippen LogP contribution is -2.50. The second-order valence-corrected chi connectivity index (χ2v) is 6.66. The number of halogens is 2. The summed E-state index contributed by atoms with van der Waals surface area (Å²) in [6.45, 7) is 0. The zero-order valence-corrected chi connectivity index (χ0v) is 12.7. The van der Waals surface area contributed by atoms with E-state index >= 15 is 0 Å². The fourth-order valence-electron chi connectivity index (χ4n) is 1.97. The molecular formula is C12H13BrClNO2S. The van der Waals surface area contributed by atoms with Crippen LogP contribution in [-0.2, 0) is 4.79 Å². The number of thioether (sulfide) groups is 1. The molecule has 98 valence electrons. The SMILES string of the molecule is O=C(O)C1(Nc2ccc(Cl)c(Br)c2)CCCSC1. The highest BCUT2D eigenvalue weighted by Gasteiger charge is 2.40. The van der Waals surface area contributed by atoms with Gasteiger partial charge in [-0.3, -0.25) is 0 Å². The van der Waals surface area contributed by atoms with Crippen LogP contribution in [0.3, 0.4) is 0 Å². The monoisotopic (exact) mass is 349 g/mol. The second kappa shape index (κ2) is 5.72. The molecule has 2 rings (SSSR count). The zero-order valence-electron chi connectivity index (χ0n) is 9.58. The van der Waals surface area contributed by atoms with E-state index in [-0.39, 0.29) is 0 Å². The number of hydrogen-bond acceptors (Lipinski definition) is 3. The van der Waals surface area contributed by atoms with Crippen LogP contribution in [0, 0.1) is 0 Å². The molecule has 6 heteroatoms. The lowest BCUT2D eigenvalue weighted by atomic mass is 9.95. The molecule has 1 saturated heterocycles. The molecule has 2 N–H and O–H groups in total. The van der Waals surface area contributed by atoms with E-state index in [0.29, 0.717) is 17.2 Å². The van der Waals surface area contributed by atoms with E-state index in [0.717, 1.165) is 22.3 Å². The molecule has 0 amide bonds. The highest BCUT2D eigenvalue weighted by molar-refractivity contribution is 9.10. The number of hydrogen-bond donors (Lipinski definition) is 2. The van der Waals surface area contributed by atoms with Crippen molar-refractivity contribution in [2.75, 3.05) is 16.8 Å². The molecule has 1 aromatic rings. The first-order valence-electron chi connectivity index (χ1n) is 5.58. The molecule has 1 fully saturated rings. The van der Waals surface area contributed by atoms with Crippen LogP contribution in [0.4, 0.5) is 5.69 Å². The van der Waals surface area contributed by atoms with E-state index in [9.17, 15) is 9.90 Å². The van der Waals surface area contributed by atoms with Gasteiger partial charge in [-0.25, -0.2) is 4.79 Å². The Morgan fingerprint density at radius 1 is 1.56 bits per heavy atom. The van der Waals surface area contributed by atoms with Crippen LogP contribution >= 0.6 is 39.3 Å². The molecule has 0 aromatic heterocycles. The Balaban J connectivity index is 2.23. The Morgan fingerprint density at radius 2 is 2.33 bits per heavy atom. The normalized spacial score (nSPS) is 23.7. The average molecular weight is 351 g/mol. The number of aliphatic carboxylic acids is 1. The van der Waals surface area contributed by atoms with Gasteiger partial charge in [0, 0.05) is 15.9 Å². The Labute approximate surface area is 123 Å². The molecule has 1 heterocycles. The van der Waals surface area contributed by atoms with Crippen molar-refractivity contribution in [2.45, 2.75) is 18.4 Å². The van der Waals surface area contributed by atoms with Crippen molar-refractivity contribution >= 4 is 50.9 Å². The first-order chi connectivity index (χ1) is 8.53. The molecule has 1 unspecified atom stereocenters. The molecule has 3 nitrogen and oxygen atoms in total. The highest BCUT2D eigenvalue weighted by atomic mass is 79.9. The standard InChI is InChI=1S/C12H13BrClNO2S/c13-9-6-8(2-3-10(9)14)15-12(11(16)17)4-1-5-18-7-12/h2-3,6,15H,1,4-5,7H2,(H,16,17). The third-order valence-electron chi connectivity index (χ3n) is 2.95. The largest absolute Gasteiger partial charge is 0.479 e. The molecule has 1 aliphatic heterocycles. The van der Waals surface area contributed by atoms with Gasteiger partial charge in [-0.1, -0.05) is 11.6 Å². The topological polar surface area (TPSA) is 49.3 Å². The third kappa shape index (κ3) is 2.95. The first-order valence-corrected chi connectivity index (χ1v) is 7.90. The minimum atomic E-state index is -0.865. The molecule has 0 bridgehead atoms. The summed E-state index contributed by atoms with van der Waals surface area (Å²) in [6, 6.07) is 5.36. The van der Waals surface area contributed by atoms with E-state index in [4.69, 9.17) is 11.6 Å². The lowest BCUT2D eigenvalue weighted by Gasteiger charge is -2.34. The van der Waals surface area contributed by atoms with Crippen molar-refractivity contribution in [1.82, 2.24) is 0 Å². The van der Waals surface area contributed by atoms with Gasteiger partial charge < -0.3 is 10.4 Å². The van der Waals surface area contributed by atoms with Crippen LogP contribution in [0.25, 0.3) is 0 Å². The maximum absolute atomic E-state index is 11.5. The number of rotatable bonds is 3. The maximum atomic E-state index is 11.5. The fourth-order valence-corrected chi connectivity index (χ4v) is 3.64. The summed E-state index contributed by atoms with van der Waals surface area (Å²) in [6.07, 6.45) is 1.56. The van der Waals surface area contributed by atoms with Gasteiger partial charge in [0.15, 0.2) is 0 Å². The quantitative estimate of drug-likeness (QED) is 0.869. The van der Waals surface area contributed by atoms with E-state index in [2.05, 4.69) is 21.2 Å².